The molecule has 2 atom stereocenters. The van der Waals surface area contributed by atoms with E-state index in [0.29, 0.717) is 0 Å². The van der Waals surface area contributed by atoms with Crippen LogP contribution in [0, 0.1) is 0 Å². The molecule has 0 aromatic carbocycles. The molecular weight excluding hydrogens is 336 g/mol. The van der Waals surface area contributed by atoms with Gasteiger partial charge in [-0.2, -0.15) is 26.3 Å². The fourth-order valence-electron chi connectivity index (χ4n) is 0.914. The Morgan fingerprint density at radius 2 is 1.05 bits per heavy atom. The maximum absolute atomic E-state index is 12.6. The Labute approximate surface area is 117 Å². The largest absolute Gasteiger partial charge is 0.428 e. The average Bonchev–Trinajstić information content (AvgIpc) is 2.20. The Hall–Kier alpha value is -1.88. The fourth-order valence-corrected chi connectivity index (χ4v) is 0.914. The van der Waals surface area contributed by atoms with Gasteiger partial charge in [-0.05, 0) is 0 Å². The lowest BCUT2D eigenvalue weighted by Gasteiger charge is -2.11. The molecule has 0 saturated heterocycles. The maximum atomic E-state index is 12.6. The lowest BCUT2D eigenvalue weighted by atomic mass is 10.4. The van der Waals surface area contributed by atoms with Crippen LogP contribution in [-0.4, -0.2) is 37.0 Å². The van der Waals surface area contributed by atoms with E-state index in [1.54, 1.807) is 0 Å². The standard InChI is InChI=1S/C10H8F8O4/c11-5(3-9(13,14)15)21-7(19)1-2-8(20)22-6(12)4-10(16,17)18/h1-2,5-6H,3-4H2/b2-1+. The lowest BCUT2D eigenvalue weighted by molar-refractivity contribution is -0.190. The summed E-state index contributed by atoms with van der Waals surface area (Å²) in [6.45, 7) is 0. The second-order valence-corrected chi connectivity index (χ2v) is 3.67. The highest BCUT2D eigenvalue weighted by Crippen LogP contribution is 2.24. The highest BCUT2D eigenvalue weighted by molar-refractivity contribution is 5.91. The van der Waals surface area contributed by atoms with Crippen LogP contribution in [0.15, 0.2) is 12.2 Å². The van der Waals surface area contributed by atoms with Crippen LogP contribution in [0.4, 0.5) is 35.1 Å². The Balaban J connectivity index is 4.24. The molecule has 0 N–H and O–H groups in total. The third-order valence-electron chi connectivity index (χ3n) is 1.63. The zero-order valence-corrected chi connectivity index (χ0v) is 10.4. The average molecular weight is 344 g/mol. The molecule has 0 aliphatic carbocycles. The van der Waals surface area contributed by atoms with E-state index >= 15 is 0 Å². The summed E-state index contributed by atoms with van der Waals surface area (Å²) in [6, 6.07) is 0. The molecular formula is C10H8F8O4. The van der Waals surface area contributed by atoms with E-state index < -0.39 is 49.8 Å². The summed E-state index contributed by atoms with van der Waals surface area (Å²) in [6.07, 6.45) is -20.0. The molecule has 0 aliphatic heterocycles. The molecule has 12 heteroatoms. The normalized spacial score (nSPS) is 15.5. The van der Waals surface area contributed by atoms with Crippen LogP contribution in [0.3, 0.4) is 0 Å². The Morgan fingerprint density at radius 1 is 0.773 bits per heavy atom. The third-order valence-corrected chi connectivity index (χ3v) is 1.63. The SMILES string of the molecule is O=C(/C=C/C(=O)OC(F)CC(F)(F)F)OC(F)CC(F)(F)F. The van der Waals surface area contributed by atoms with Gasteiger partial charge in [0.25, 0.3) is 12.7 Å². The zero-order chi connectivity index (χ0) is 17.6. The van der Waals surface area contributed by atoms with Crippen LogP contribution >= 0.6 is 0 Å². The van der Waals surface area contributed by atoms with Crippen molar-refractivity contribution in [3.63, 3.8) is 0 Å². The van der Waals surface area contributed by atoms with E-state index in [1.165, 1.54) is 0 Å². The summed E-state index contributed by atoms with van der Waals surface area (Å²) in [5.41, 5.74) is 0. The zero-order valence-electron chi connectivity index (χ0n) is 10.4. The van der Waals surface area contributed by atoms with Crippen LogP contribution in [0.1, 0.15) is 12.8 Å². The molecule has 0 rings (SSSR count). The first-order valence-electron chi connectivity index (χ1n) is 5.29. The quantitative estimate of drug-likeness (QED) is 0.422. The molecule has 0 bridgehead atoms. The van der Waals surface area contributed by atoms with Crippen molar-refractivity contribution < 1.29 is 54.2 Å². The Kier molecular flexibility index (Phi) is 7.26. The first-order valence-corrected chi connectivity index (χ1v) is 5.29. The molecule has 22 heavy (non-hydrogen) atoms. The summed E-state index contributed by atoms with van der Waals surface area (Å²) in [5, 5.41) is 0. The van der Waals surface area contributed by atoms with Gasteiger partial charge in [-0.1, -0.05) is 0 Å². The molecule has 0 fully saturated rings. The van der Waals surface area contributed by atoms with E-state index in [1.807, 2.05) is 0 Å². The Bertz CT molecular complexity index is 376. The number of ether oxygens (including phenoxy) is 2. The fraction of sp³-hybridized carbons (Fsp3) is 0.600. The Morgan fingerprint density at radius 3 is 1.27 bits per heavy atom. The lowest BCUT2D eigenvalue weighted by Crippen LogP contribution is -2.22. The van der Waals surface area contributed by atoms with Crippen molar-refractivity contribution in [2.75, 3.05) is 0 Å². The molecule has 2 unspecified atom stereocenters. The van der Waals surface area contributed by atoms with Crippen molar-refractivity contribution >= 4 is 11.9 Å². The molecule has 4 nitrogen and oxygen atoms in total. The third kappa shape index (κ3) is 11.9. The number of alkyl halides is 8. The van der Waals surface area contributed by atoms with E-state index in [2.05, 4.69) is 9.47 Å². The summed E-state index contributed by atoms with van der Waals surface area (Å²) in [4.78, 5) is 21.5. The molecule has 0 radical (unpaired) electrons. The molecule has 0 amide bonds. The first-order chi connectivity index (χ1) is 9.78. The van der Waals surface area contributed by atoms with Gasteiger partial charge >= 0.3 is 24.3 Å². The van der Waals surface area contributed by atoms with Gasteiger partial charge in [-0.15, -0.1) is 0 Å². The minimum absolute atomic E-state index is 0.0750. The van der Waals surface area contributed by atoms with Crippen molar-refractivity contribution in [1.29, 1.82) is 0 Å². The number of esters is 2. The van der Waals surface area contributed by atoms with Gasteiger partial charge in [0.05, 0.1) is 0 Å². The van der Waals surface area contributed by atoms with Crippen molar-refractivity contribution in [2.45, 2.75) is 37.9 Å². The van der Waals surface area contributed by atoms with Crippen molar-refractivity contribution in [3.8, 4) is 0 Å². The molecule has 0 aromatic rings. The minimum atomic E-state index is -4.94. The smallest absolute Gasteiger partial charge is 0.395 e. The van der Waals surface area contributed by atoms with Crippen LogP contribution in [0.25, 0.3) is 0 Å². The monoisotopic (exact) mass is 344 g/mol. The van der Waals surface area contributed by atoms with Gasteiger partial charge in [0.2, 0.25) is 0 Å². The van der Waals surface area contributed by atoms with E-state index in [9.17, 15) is 44.7 Å². The molecule has 0 spiro atoms. The second-order valence-electron chi connectivity index (χ2n) is 3.67. The topological polar surface area (TPSA) is 52.6 Å². The number of hydrogen-bond donors (Lipinski definition) is 0. The van der Waals surface area contributed by atoms with E-state index in [0.717, 1.165) is 0 Å². The van der Waals surface area contributed by atoms with Crippen molar-refractivity contribution in [1.82, 2.24) is 0 Å². The number of halogens is 8. The van der Waals surface area contributed by atoms with Gasteiger partial charge in [-0.25, -0.2) is 18.4 Å². The summed E-state index contributed by atoms with van der Waals surface area (Å²) >= 11 is 0. The predicted octanol–water partition coefficient (Wildman–Crippen LogP) is 3.13. The molecule has 0 aromatic heterocycles. The van der Waals surface area contributed by atoms with E-state index in [4.69, 9.17) is 0 Å². The maximum Gasteiger partial charge on any atom is 0.395 e. The van der Waals surface area contributed by atoms with Gasteiger partial charge < -0.3 is 9.47 Å². The van der Waals surface area contributed by atoms with Gasteiger partial charge in [-0.3, -0.25) is 0 Å². The highest BCUT2D eigenvalue weighted by atomic mass is 19.4. The number of carbonyl (C=O) groups is 2. The minimum Gasteiger partial charge on any atom is -0.428 e. The molecule has 0 aliphatic rings. The van der Waals surface area contributed by atoms with Crippen LogP contribution in [0.2, 0.25) is 0 Å². The van der Waals surface area contributed by atoms with Crippen molar-refractivity contribution in [2.24, 2.45) is 0 Å². The number of hydrogen-bond acceptors (Lipinski definition) is 4. The van der Waals surface area contributed by atoms with E-state index in [-0.39, 0.29) is 12.2 Å². The first kappa shape index (κ1) is 20.1. The van der Waals surface area contributed by atoms with Gasteiger partial charge in [0, 0.05) is 12.2 Å². The summed E-state index contributed by atoms with van der Waals surface area (Å²) in [5.74, 6) is -3.47. The highest BCUT2D eigenvalue weighted by Gasteiger charge is 2.34. The van der Waals surface area contributed by atoms with Crippen molar-refractivity contribution in [3.05, 3.63) is 12.2 Å². The number of rotatable bonds is 6. The molecule has 0 saturated carbocycles. The summed E-state index contributed by atoms with van der Waals surface area (Å²) in [7, 11) is 0. The van der Waals surface area contributed by atoms with Gasteiger partial charge in [0.15, 0.2) is 0 Å². The second kappa shape index (κ2) is 7.94. The summed E-state index contributed by atoms with van der Waals surface area (Å²) < 4.78 is 102. The van der Waals surface area contributed by atoms with Gasteiger partial charge in [0.1, 0.15) is 12.8 Å². The molecule has 0 heterocycles. The molecule has 128 valence electrons. The van der Waals surface area contributed by atoms with Crippen LogP contribution in [-0.2, 0) is 19.1 Å². The predicted molar refractivity (Wildman–Crippen MR) is 52.5 cm³/mol. The number of carbonyl (C=O) groups excluding carboxylic acids is 2. The van der Waals surface area contributed by atoms with Crippen LogP contribution in [0.5, 0.6) is 0 Å². The van der Waals surface area contributed by atoms with Crippen LogP contribution < -0.4 is 0 Å².